The Morgan fingerprint density at radius 3 is 2.65 bits per heavy atom. The van der Waals surface area contributed by atoms with E-state index >= 15 is 0 Å². The molecule has 0 bridgehead atoms. The van der Waals surface area contributed by atoms with Crippen LogP contribution in [-0.4, -0.2) is 28.8 Å². The van der Waals surface area contributed by atoms with Crippen LogP contribution in [0.2, 0.25) is 0 Å². The number of anilines is 1. The summed E-state index contributed by atoms with van der Waals surface area (Å²) in [5.41, 5.74) is 0. The normalized spacial score (nSPS) is 21.4. The van der Waals surface area contributed by atoms with Gasteiger partial charge in [0.15, 0.2) is 0 Å². The monoisotopic (exact) mass is 277 g/mol. The number of nitrogens with zero attached hydrogens (tertiary/aromatic N) is 2. The van der Waals surface area contributed by atoms with E-state index in [4.69, 9.17) is 4.74 Å². The predicted molar refractivity (Wildman–Crippen MR) is 81.0 cm³/mol. The Morgan fingerprint density at radius 2 is 1.85 bits per heavy atom. The van der Waals surface area contributed by atoms with Crippen LogP contribution < -0.4 is 5.32 Å². The summed E-state index contributed by atoms with van der Waals surface area (Å²) < 4.78 is 8.26. The van der Waals surface area contributed by atoms with Crippen LogP contribution >= 0.6 is 0 Å². The van der Waals surface area contributed by atoms with E-state index in [-0.39, 0.29) is 0 Å². The lowest BCUT2D eigenvalue weighted by Gasteiger charge is -2.22. The first-order chi connectivity index (χ1) is 9.93. The summed E-state index contributed by atoms with van der Waals surface area (Å²) in [4.78, 5) is 4.44. The van der Waals surface area contributed by atoms with Crippen molar-refractivity contribution < 1.29 is 4.74 Å². The Hall–Kier alpha value is -1.03. The quantitative estimate of drug-likeness (QED) is 0.805. The minimum Gasteiger partial charge on any atom is -0.376 e. The van der Waals surface area contributed by atoms with Gasteiger partial charge in [0.05, 0.1) is 12.7 Å². The fourth-order valence-corrected chi connectivity index (χ4v) is 3.55. The summed E-state index contributed by atoms with van der Waals surface area (Å²) in [5.74, 6) is 1.02. The van der Waals surface area contributed by atoms with Crippen molar-refractivity contribution in [3.63, 3.8) is 0 Å². The predicted octanol–water partition coefficient (Wildman–Crippen LogP) is 3.76. The van der Waals surface area contributed by atoms with Gasteiger partial charge in [0.1, 0.15) is 0 Å². The van der Waals surface area contributed by atoms with Gasteiger partial charge in [-0.15, -0.1) is 0 Å². The average Bonchev–Trinajstić information content (AvgIpc) is 3.15. The molecule has 4 nitrogen and oxygen atoms in total. The van der Waals surface area contributed by atoms with Gasteiger partial charge in [0.25, 0.3) is 0 Å². The molecule has 0 spiro atoms. The molecule has 1 aromatic rings. The minimum absolute atomic E-state index is 0.500. The summed E-state index contributed by atoms with van der Waals surface area (Å²) in [6.45, 7) is 1.66. The molecule has 112 valence electrons. The SMILES string of the molecule is c1cn(C2CCCC2)c(NCCOC2CCCCC2)n1. The maximum Gasteiger partial charge on any atom is 0.203 e. The van der Waals surface area contributed by atoms with Crippen molar-refractivity contribution in [2.45, 2.75) is 69.9 Å². The molecular weight excluding hydrogens is 250 g/mol. The molecule has 2 aliphatic rings. The van der Waals surface area contributed by atoms with Crippen LogP contribution in [0.1, 0.15) is 63.8 Å². The highest BCUT2D eigenvalue weighted by Crippen LogP contribution is 2.31. The molecule has 0 atom stereocenters. The lowest BCUT2D eigenvalue weighted by atomic mass is 9.98. The van der Waals surface area contributed by atoms with Gasteiger partial charge in [-0.1, -0.05) is 32.1 Å². The minimum atomic E-state index is 0.500. The summed E-state index contributed by atoms with van der Waals surface area (Å²) in [5, 5.41) is 3.44. The topological polar surface area (TPSA) is 39.1 Å². The van der Waals surface area contributed by atoms with Crippen LogP contribution in [-0.2, 0) is 4.74 Å². The van der Waals surface area contributed by atoms with Gasteiger partial charge in [-0.2, -0.15) is 0 Å². The molecule has 0 unspecified atom stereocenters. The van der Waals surface area contributed by atoms with E-state index in [9.17, 15) is 0 Å². The third kappa shape index (κ3) is 3.54. The van der Waals surface area contributed by atoms with E-state index in [2.05, 4.69) is 21.1 Å². The summed E-state index contributed by atoms with van der Waals surface area (Å²) in [7, 11) is 0. The molecule has 2 saturated carbocycles. The zero-order valence-electron chi connectivity index (χ0n) is 12.4. The van der Waals surface area contributed by atoms with Crippen molar-refractivity contribution in [3.05, 3.63) is 12.4 Å². The van der Waals surface area contributed by atoms with Crippen molar-refractivity contribution in [1.82, 2.24) is 9.55 Å². The molecule has 3 rings (SSSR count). The van der Waals surface area contributed by atoms with E-state index in [1.807, 2.05) is 6.20 Å². The van der Waals surface area contributed by atoms with Gasteiger partial charge in [-0.25, -0.2) is 4.98 Å². The second kappa shape index (κ2) is 7.11. The molecule has 2 fully saturated rings. The number of imidazole rings is 1. The van der Waals surface area contributed by atoms with Crippen molar-refractivity contribution in [3.8, 4) is 0 Å². The van der Waals surface area contributed by atoms with Crippen LogP contribution in [0.15, 0.2) is 12.4 Å². The zero-order valence-corrected chi connectivity index (χ0v) is 12.4. The molecule has 0 amide bonds. The Bertz CT molecular complexity index is 392. The molecule has 1 N–H and O–H groups in total. The maximum atomic E-state index is 5.95. The van der Waals surface area contributed by atoms with Gasteiger partial charge in [0.2, 0.25) is 5.95 Å². The van der Waals surface area contributed by atoms with Gasteiger partial charge >= 0.3 is 0 Å². The lowest BCUT2D eigenvalue weighted by Crippen LogP contribution is -2.21. The number of aromatic nitrogens is 2. The number of rotatable bonds is 6. The number of nitrogens with one attached hydrogen (secondary N) is 1. The van der Waals surface area contributed by atoms with Crippen molar-refractivity contribution in [1.29, 1.82) is 0 Å². The summed E-state index contributed by atoms with van der Waals surface area (Å²) >= 11 is 0. The summed E-state index contributed by atoms with van der Waals surface area (Å²) in [6.07, 6.45) is 16.4. The van der Waals surface area contributed by atoms with Crippen LogP contribution in [0.5, 0.6) is 0 Å². The lowest BCUT2D eigenvalue weighted by molar-refractivity contribution is 0.0347. The fraction of sp³-hybridized carbons (Fsp3) is 0.812. The van der Waals surface area contributed by atoms with Crippen molar-refractivity contribution >= 4 is 5.95 Å². The molecule has 1 aromatic heterocycles. The van der Waals surface area contributed by atoms with Gasteiger partial charge in [-0.3, -0.25) is 0 Å². The standard InChI is InChI=1S/C16H27N3O/c1-2-8-15(9-3-1)20-13-11-18-16-17-10-12-19(16)14-6-4-5-7-14/h10,12,14-15H,1-9,11,13H2,(H,17,18). The third-order valence-corrected chi connectivity index (χ3v) is 4.68. The molecule has 2 aliphatic carbocycles. The average molecular weight is 277 g/mol. The number of ether oxygens (including phenoxy) is 1. The molecular formula is C16H27N3O. The second-order valence-corrected chi connectivity index (χ2v) is 6.15. The molecule has 4 heteroatoms. The molecule has 20 heavy (non-hydrogen) atoms. The molecule has 0 aliphatic heterocycles. The Kier molecular flexibility index (Phi) is 4.96. The van der Waals surface area contributed by atoms with Gasteiger partial charge in [0, 0.05) is 25.0 Å². The third-order valence-electron chi connectivity index (χ3n) is 4.68. The first kappa shape index (κ1) is 13.9. The van der Waals surface area contributed by atoms with E-state index in [0.29, 0.717) is 12.1 Å². The van der Waals surface area contributed by atoms with Crippen LogP contribution in [0, 0.1) is 0 Å². The summed E-state index contributed by atoms with van der Waals surface area (Å²) in [6, 6.07) is 0.652. The first-order valence-electron chi connectivity index (χ1n) is 8.32. The number of hydrogen-bond acceptors (Lipinski definition) is 3. The molecule has 0 radical (unpaired) electrons. The number of hydrogen-bond donors (Lipinski definition) is 1. The largest absolute Gasteiger partial charge is 0.376 e. The smallest absolute Gasteiger partial charge is 0.203 e. The van der Waals surface area contributed by atoms with Crippen LogP contribution in [0.3, 0.4) is 0 Å². The van der Waals surface area contributed by atoms with Crippen molar-refractivity contribution in [2.75, 3.05) is 18.5 Å². The van der Waals surface area contributed by atoms with E-state index in [0.717, 1.165) is 19.1 Å². The molecule has 1 heterocycles. The first-order valence-corrected chi connectivity index (χ1v) is 8.32. The van der Waals surface area contributed by atoms with Crippen LogP contribution in [0.4, 0.5) is 5.95 Å². The zero-order chi connectivity index (χ0) is 13.6. The van der Waals surface area contributed by atoms with Crippen molar-refractivity contribution in [2.24, 2.45) is 0 Å². The Labute approximate surface area is 121 Å². The van der Waals surface area contributed by atoms with E-state index in [1.165, 1.54) is 57.8 Å². The highest BCUT2D eigenvalue weighted by atomic mass is 16.5. The maximum absolute atomic E-state index is 5.95. The molecule has 0 saturated heterocycles. The fourth-order valence-electron chi connectivity index (χ4n) is 3.55. The molecule has 0 aromatic carbocycles. The van der Waals surface area contributed by atoms with Gasteiger partial charge in [-0.05, 0) is 25.7 Å². The Balaban J connectivity index is 1.40. The Morgan fingerprint density at radius 1 is 1.10 bits per heavy atom. The second-order valence-electron chi connectivity index (χ2n) is 6.15. The highest BCUT2D eigenvalue weighted by molar-refractivity contribution is 5.26. The van der Waals surface area contributed by atoms with Gasteiger partial charge < -0.3 is 14.6 Å². The van der Waals surface area contributed by atoms with E-state index in [1.54, 1.807) is 0 Å². The van der Waals surface area contributed by atoms with E-state index < -0.39 is 0 Å². The van der Waals surface area contributed by atoms with Crippen LogP contribution in [0.25, 0.3) is 0 Å². The highest BCUT2D eigenvalue weighted by Gasteiger charge is 2.19.